The molecule has 24 heavy (non-hydrogen) atoms. The van der Waals surface area contributed by atoms with Crippen LogP contribution < -0.4 is 10.6 Å². The van der Waals surface area contributed by atoms with Crippen molar-refractivity contribution in [1.29, 1.82) is 0 Å². The third-order valence-electron chi connectivity index (χ3n) is 3.46. The first-order valence-electron chi connectivity index (χ1n) is 7.94. The fraction of sp³-hybridized carbons (Fsp3) is 0.333. The molecule has 2 rings (SSSR count). The monoisotopic (exact) mass is 326 g/mol. The predicted molar refractivity (Wildman–Crippen MR) is 94.4 cm³/mol. The van der Waals surface area contributed by atoms with Gasteiger partial charge in [-0.25, -0.2) is 9.97 Å². The van der Waals surface area contributed by atoms with Gasteiger partial charge in [-0.1, -0.05) is 13.8 Å². The SMILES string of the molecule is CC(=O)c1ccc(NC(=O)c2cnc(NCCC(C)C)cn2)cc1. The molecule has 0 unspecified atom stereocenters. The van der Waals surface area contributed by atoms with Gasteiger partial charge in [-0.3, -0.25) is 9.59 Å². The van der Waals surface area contributed by atoms with Gasteiger partial charge in [-0.05, 0) is 43.5 Å². The van der Waals surface area contributed by atoms with E-state index in [2.05, 4.69) is 34.4 Å². The van der Waals surface area contributed by atoms with E-state index in [0.29, 0.717) is 23.0 Å². The summed E-state index contributed by atoms with van der Waals surface area (Å²) in [6.45, 7) is 6.63. The molecule has 0 aliphatic rings. The zero-order chi connectivity index (χ0) is 17.5. The molecule has 0 bridgehead atoms. The summed E-state index contributed by atoms with van der Waals surface area (Å²) < 4.78 is 0. The molecule has 6 heteroatoms. The van der Waals surface area contributed by atoms with Crippen molar-refractivity contribution in [3.8, 4) is 0 Å². The summed E-state index contributed by atoms with van der Waals surface area (Å²) >= 11 is 0. The molecule has 0 spiro atoms. The van der Waals surface area contributed by atoms with Gasteiger partial charge in [0, 0.05) is 17.8 Å². The predicted octanol–water partition coefficient (Wildman–Crippen LogP) is 3.39. The number of nitrogens with one attached hydrogen (secondary N) is 2. The summed E-state index contributed by atoms with van der Waals surface area (Å²) in [7, 11) is 0. The van der Waals surface area contributed by atoms with E-state index in [9.17, 15) is 9.59 Å². The lowest BCUT2D eigenvalue weighted by Crippen LogP contribution is -2.15. The van der Waals surface area contributed by atoms with E-state index in [0.717, 1.165) is 13.0 Å². The number of hydrogen-bond acceptors (Lipinski definition) is 5. The number of benzene rings is 1. The normalized spacial score (nSPS) is 10.5. The van der Waals surface area contributed by atoms with Crippen molar-refractivity contribution < 1.29 is 9.59 Å². The maximum Gasteiger partial charge on any atom is 0.275 e. The number of amides is 1. The van der Waals surface area contributed by atoms with Gasteiger partial charge in [0.2, 0.25) is 0 Å². The number of anilines is 2. The number of rotatable bonds is 7. The van der Waals surface area contributed by atoms with Crippen molar-refractivity contribution in [2.75, 3.05) is 17.2 Å². The van der Waals surface area contributed by atoms with Crippen LogP contribution in [-0.4, -0.2) is 28.2 Å². The van der Waals surface area contributed by atoms with E-state index in [1.165, 1.54) is 13.1 Å². The van der Waals surface area contributed by atoms with Crippen molar-refractivity contribution in [3.63, 3.8) is 0 Å². The molecule has 1 heterocycles. The minimum absolute atomic E-state index is 0.0145. The molecular weight excluding hydrogens is 304 g/mol. The number of nitrogens with zero attached hydrogens (tertiary/aromatic N) is 2. The van der Waals surface area contributed by atoms with Gasteiger partial charge in [-0.15, -0.1) is 0 Å². The van der Waals surface area contributed by atoms with Crippen LogP contribution in [0.4, 0.5) is 11.5 Å². The third kappa shape index (κ3) is 5.15. The molecule has 0 aliphatic carbocycles. The van der Waals surface area contributed by atoms with Crippen LogP contribution in [0.2, 0.25) is 0 Å². The van der Waals surface area contributed by atoms with Crippen LogP contribution in [0, 0.1) is 5.92 Å². The summed E-state index contributed by atoms with van der Waals surface area (Å²) in [5.74, 6) is 0.911. The second-order valence-corrected chi connectivity index (χ2v) is 5.98. The fourth-order valence-electron chi connectivity index (χ4n) is 2.01. The summed E-state index contributed by atoms with van der Waals surface area (Å²) in [5.41, 5.74) is 1.44. The molecule has 0 saturated carbocycles. The largest absolute Gasteiger partial charge is 0.369 e. The van der Waals surface area contributed by atoms with Gasteiger partial charge in [0.25, 0.3) is 5.91 Å². The minimum atomic E-state index is -0.341. The molecule has 6 nitrogen and oxygen atoms in total. The number of carbonyl (C=O) groups excluding carboxylic acids is 2. The molecule has 0 atom stereocenters. The molecule has 0 fully saturated rings. The van der Waals surface area contributed by atoms with E-state index >= 15 is 0 Å². The summed E-state index contributed by atoms with van der Waals surface area (Å²) in [5, 5.41) is 5.90. The zero-order valence-electron chi connectivity index (χ0n) is 14.2. The highest BCUT2D eigenvalue weighted by Crippen LogP contribution is 2.11. The van der Waals surface area contributed by atoms with Crippen molar-refractivity contribution in [2.24, 2.45) is 5.92 Å². The maximum absolute atomic E-state index is 12.1. The minimum Gasteiger partial charge on any atom is -0.369 e. The van der Waals surface area contributed by atoms with E-state index in [1.807, 2.05) is 0 Å². The van der Waals surface area contributed by atoms with Crippen LogP contribution in [0.25, 0.3) is 0 Å². The zero-order valence-corrected chi connectivity index (χ0v) is 14.2. The quantitative estimate of drug-likeness (QED) is 0.762. The van der Waals surface area contributed by atoms with Gasteiger partial charge >= 0.3 is 0 Å². The molecule has 2 N–H and O–H groups in total. The standard InChI is InChI=1S/C18H22N4O2/c1-12(2)8-9-19-17-11-20-16(10-21-17)18(24)22-15-6-4-14(5-7-15)13(3)23/h4-7,10-12H,8-9H2,1-3H3,(H,19,21)(H,22,24). The summed E-state index contributed by atoms with van der Waals surface area (Å²) in [6.07, 6.45) is 4.03. The lowest BCUT2D eigenvalue weighted by Gasteiger charge is -2.08. The summed E-state index contributed by atoms with van der Waals surface area (Å²) in [4.78, 5) is 31.7. The first-order valence-corrected chi connectivity index (χ1v) is 7.94. The second kappa shape index (κ2) is 8.19. The third-order valence-corrected chi connectivity index (χ3v) is 3.46. The van der Waals surface area contributed by atoms with Crippen molar-refractivity contribution in [2.45, 2.75) is 27.2 Å². The molecule has 1 aromatic heterocycles. The van der Waals surface area contributed by atoms with Gasteiger partial charge in [0.05, 0.1) is 12.4 Å². The lowest BCUT2D eigenvalue weighted by atomic mass is 10.1. The van der Waals surface area contributed by atoms with E-state index in [1.54, 1.807) is 30.5 Å². The Kier molecular flexibility index (Phi) is 6.01. The Morgan fingerprint density at radius 1 is 1.08 bits per heavy atom. The van der Waals surface area contributed by atoms with Crippen LogP contribution in [0.5, 0.6) is 0 Å². The molecule has 0 saturated heterocycles. The number of Topliss-reactive ketones (excluding diaryl/α,β-unsaturated/α-hetero) is 1. The highest BCUT2D eigenvalue weighted by atomic mass is 16.2. The molecule has 0 aliphatic heterocycles. The smallest absolute Gasteiger partial charge is 0.275 e. The van der Waals surface area contributed by atoms with E-state index < -0.39 is 0 Å². The Morgan fingerprint density at radius 2 is 1.79 bits per heavy atom. The van der Waals surface area contributed by atoms with Gasteiger partial charge in [0.15, 0.2) is 5.78 Å². The second-order valence-electron chi connectivity index (χ2n) is 5.98. The van der Waals surface area contributed by atoms with Crippen LogP contribution in [-0.2, 0) is 0 Å². The average molecular weight is 326 g/mol. The van der Waals surface area contributed by atoms with E-state index in [4.69, 9.17) is 0 Å². The first-order chi connectivity index (χ1) is 11.5. The van der Waals surface area contributed by atoms with Crippen molar-refractivity contribution >= 4 is 23.2 Å². The number of aromatic nitrogens is 2. The van der Waals surface area contributed by atoms with Crippen LogP contribution in [0.3, 0.4) is 0 Å². The molecule has 1 aromatic carbocycles. The highest BCUT2D eigenvalue weighted by Gasteiger charge is 2.09. The molecule has 2 aromatic rings. The van der Waals surface area contributed by atoms with Gasteiger partial charge in [-0.2, -0.15) is 0 Å². The Labute approximate surface area is 141 Å². The molecule has 126 valence electrons. The summed E-state index contributed by atoms with van der Waals surface area (Å²) in [6, 6.07) is 6.71. The van der Waals surface area contributed by atoms with E-state index in [-0.39, 0.29) is 17.4 Å². The van der Waals surface area contributed by atoms with Crippen molar-refractivity contribution in [1.82, 2.24) is 9.97 Å². The highest BCUT2D eigenvalue weighted by molar-refractivity contribution is 6.03. The Hall–Kier alpha value is -2.76. The first kappa shape index (κ1) is 17.6. The fourth-order valence-corrected chi connectivity index (χ4v) is 2.01. The van der Waals surface area contributed by atoms with Gasteiger partial charge < -0.3 is 10.6 Å². The number of ketones is 1. The molecular formula is C18H22N4O2. The Balaban J connectivity index is 1.93. The topological polar surface area (TPSA) is 84.0 Å². The number of hydrogen-bond donors (Lipinski definition) is 2. The van der Waals surface area contributed by atoms with Crippen LogP contribution in [0.1, 0.15) is 48.0 Å². The van der Waals surface area contributed by atoms with Crippen LogP contribution in [0.15, 0.2) is 36.7 Å². The van der Waals surface area contributed by atoms with Gasteiger partial charge in [0.1, 0.15) is 11.5 Å². The number of carbonyl (C=O) groups is 2. The Bertz CT molecular complexity index is 694. The Morgan fingerprint density at radius 3 is 2.33 bits per heavy atom. The van der Waals surface area contributed by atoms with Crippen molar-refractivity contribution in [3.05, 3.63) is 47.9 Å². The average Bonchev–Trinajstić information content (AvgIpc) is 2.55. The lowest BCUT2D eigenvalue weighted by molar-refractivity contribution is 0.101. The molecule has 0 radical (unpaired) electrons. The molecule has 1 amide bonds. The van der Waals surface area contributed by atoms with Crippen LogP contribution >= 0.6 is 0 Å². The maximum atomic E-state index is 12.1.